The summed E-state index contributed by atoms with van der Waals surface area (Å²) in [5.41, 5.74) is 6.86. The number of aryl methyl sites for hydroxylation is 1. The summed E-state index contributed by atoms with van der Waals surface area (Å²) in [5, 5.41) is 9.37. The Hall–Kier alpha value is -2.24. The summed E-state index contributed by atoms with van der Waals surface area (Å²) in [6.07, 6.45) is 0. The first-order chi connectivity index (χ1) is 8.99. The van der Waals surface area contributed by atoms with E-state index in [1.807, 2.05) is 39.0 Å². The Balaban J connectivity index is 2.98. The van der Waals surface area contributed by atoms with E-state index in [0.29, 0.717) is 13.2 Å². The smallest absolute Gasteiger partial charge is 0.328 e. The Kier molecular flexibility index (Phi) is 5.17. The lowest BCUT2D eigenvalue weighted by atomic mass is 10.1. The molecule has 0 radical (unpaired) electrons. The standard InChI is InChI=1S/C13H20N4O2/c1-4-17(13(18)16-12(14)15)11-7-6-10(19-5-2)8-9(11)3/h6-8H,4-5H2,1-3H3,(H4,14,15,16,18). The zero-order chi connectivity index (χ0) is 14.4. The molecule has 0 spiro atoms. The summed E-state index contributed by atoms with van der Waals surface area (Å²) in [6, 6.07) is 5.10. The fourth-order valence-corrected chi connectivity index (χ4v) is 1.79. The molecular weight excluding hydrogens is 244 g/mol. The average molecular weight is 264 g/mol. The number of nitrogens with one attached hydrogen (secondary N) is 2. The van der Waals surface area contributed by atoms with Crippen LogP contribution < -0.4 is 20.7 Å². The van der Waals surface area contributed by atoms with Crippen LogP contribution >= 0.6 is 0 Å². The molecule has 1 rings (SSSR count). The number of nitrogens with two attached hydrogens (primary N) is 1. The Morgan fingerprint density at radius 2 is 2.16 bits per heavy atom. The van der Waals surface area contributed by atoms with Gasteiger partial charge in [0.1, 0.15) is 5.75 Å². The van der Waals surface area contributed by atoms with E-state index in [1.54, 1.807) is 0 Å². The molecule has 0 heterocycles. The van der Waals surface area contributed by atoms with Gasteiger partial charge in [-0.2, -0.15) is 0 Å². The van der Waals surface area contributed by atoms with Crippen molar-refractivity contribution in [2.75, 3.05) is 18.1 Å². The molecule has 0 fully saturated rings. The van der Waals surface area contributed by atoms with Gasteiger partial charge in [-0.3, -0.25) is 15.6 Å². The van der Waals surface area contributed by atoms with Crippen molar-refractivity contribution in [2.45, 2.75) is 20.8 Å². The van der Waals surface area contributed by atoms with Crippen molar-refractivity contribution >= 4 is 17.7 Å². The summed E-state index contributed by atoms with van der Waals surface area (Å²) < 4.78 is 5.41. The zero-order valence-electron chi connectivity index (χ0n) is 11.5. The fourth-order valence-electron chi connectivity index (χ4n) is 1.79. The van der Waals surface area contributed by atoms with Crippen molar-refractivity contribution in [3.8, 4) is 5.75 Å². The van der Waals surface area contributed by atoms with Gasteiger partial charge in [0.05, 0.1) is 6.61 Å². The molecule has 6 nitrogen and oxygen atoms in total. The molecule has 0 aromatic heterocycles. The highest BCUT2D eigenvalue weighted by molar-refractivity contribution is 6.02. The van der Waals surface area contributed by atoms with Gasteiger partial charge in [-0.15, -0.1) is 0 Å². The summed E-state index contributed by atoms with van der Waals surface area (Å²) in [5.74, 6) is 0.402. The second-order valence-electron chi connectivity index (χ2n) is 3.97. The third-order valence-electron chi connectivity index (χ3n) is 2.57. The quantitative estimate of drug-likeness (QED) is 0.572. The van der Waals surface area contributed by atoms with Crippen LogP contribution in [0.1, 0.15) is 19.4 Å². The molecular formula is C13H20N4O2. The van der Waals surface area contributed by atoms with E-state index in [9.17, 15) is 4.79 Å². The Morgan fingerprint density at radius 1 is 1.47 bits per heavy atom. The lowest BCUT2D eigenvalue weighted by molar-refractivity contribution is 0.250. The van der Waals surface area contributed by atoms with E-state index >= 15 is 0 Å². The Bertz CT molecular complexity index is 474. The number of hydrogen-bond acceptors (Lipinski definition) is 3. The topological polar surface area (TPSA) is 91.4 Å². The predicted octanol–water partition coefficient (Wildman–Crippen LogP) is 1.82. The molecule has 0 saturated carbocycles. The minimum Gasteiger partial charge on any atom is -0.494 e. The first-order valence-corrected chi connectivity index (χ1v) is 6.15. The van der Waals surface area contributed by atoms with E-state index in [2.05, 4.69) is 5.32 Å². The highest BCUT2D eigenvalue weighted by atomic mass is 16.5. The van der Waals surface area contributed by atoms with Crippen LogP contribution in [0, 0.1) is 12.3 Å². The predicted molar refractivity (Wildman–Crippen MR) is 75.8 cm³/mol. The van der Waals surface area contributed by atoms with Gasteiger partial charge in [0.2, 0.25) is 0 Å². The third kappa shape index (κ3) is 3.87. The molecule has 0 aliphatic rings. The normalized spacial score (nSPS) is 9.84. The van der Waals surface area contributed by atoms with Crippen LogP contribution in [0.15, 0.2) is 18.2 Å². The second-order valence-corrected chi connectivity index (χ2v) is 3.97. The van der Waals surface area contributed by atoms with E-state index < -0.39 is 6.03 Å². The largest absolute Gasteiger partial charge is 0.494 e. The molecule has 2 amide bonds. The molecule has 4 N–H and O–H groups in total. The van der Waals surface area contributed by atoms with Gasteiger partial charge in [-0.25, -0.2) is 4.79 Å². The molecule has 0 bridgehead atoms. The van der Waals surface area contributed by atoms with Gasteiger partial charge < -0.3 is 10.5 Å². The van der Waals surface area contributed by atoms with Crippen molar-refractivity contribution < 1.29 is 9.53 Å². The summed E-state index contributed by atoms with van der Waals surface area (Å²) in [6.45, 7) is 6.76. The number of carbonyl (C=O) groups excluding carboxylic acids is 1. The molecule has 6 heteroatoms. The fraction of sp³-hybridized carbons (Fsp3) is 0.385. The molecule has 0 unspecified atom stereocenters. The van der Waals surface area contributed by atoms with Crippen molar-refractivity contribution in [1.82, 2.24) is 5.32 Å². The van der Waals surface area contributed by atoms with Crippen LogP contribution in [0.4, 0.5) is 10.5 Å². The van der Waals surface area contributed by atoms with Crippen LogP contribution in [0.3, 0.4) is 0 Å². The number of nitrogens with zero attached hydrogens (tertiary/aromatic N) is 1. The maximum absolute atomic E-state index is 11.9. The van der Waals surface area contributed by atoms with Gasteiger partial charge in [0, 0.05) is 12.2 Å². The van der Waals surface area contributed by atoms with Crippen LogP contribution in [0.2, 0.25) is 0 Å². The minimum absolute atomic E-state index is 0.368. The maximum atomic E-state index is 11.9. The van der Waals surface area contributed by atoms with Gasteiger partial charge in [0.15, 0.2) is 5.96 Å². The van der Waals surface area contributed by atoms with Gasteiger partial charge in [-0.05, 0) is 44.5 Å². The number of amides is 2. The number of urea groups is 1. The van der Waals surface area contributed by atoms with Gasteiger partial charge >= 0.3 is 6.03 Å². The highest BCUT2D eigenvalue weighted by Gasteiger charge is 2.16. The molecule has 1 aromatic carbocycles. The first-order valence-electron chi connectivity index (χ1n) is 6.15. The van der Waals surface area contributed by atoms with Crippen LogP contribution in [0.5, 0.6) is 5.75 Å². The monoisotopic (exact) mass is 264 g/mol. The summed E-state index contributed by atoms with van der Waals surface area (Å²) >= 11 is 0. The van der Waals surface area contributed by atoms with Crippen molar-refractivity contribution in [1.29, 1.82) is 5.41 Å². The molecule has 0 aliphatic carbocycles. The maximum Gasteiger partial charge on any atom is 0.328 e. The third-order valence-corrected chi connectivity index (χ3v) is 2.57. The van der Waals surface area contributed by atoms with Crippen molar-refractivity contribution in [3.05, 3.63) is 23.8 Å². The molecule has 0 saturated heterocycles. The molecule has 0 aliphatic heterocycles. The summed E-state index contributed by atoms with van der Waals surface area (Å²) in [7, 11) is 0. The Labute approximate surface area is 113 Å². The molecule has 104 valence electrons. The molecule has 1 aromatic rings. The van der Waals surface area contributed by atoms with Crippen molar-refractivity contribution in [3.63, 3.8) is 0 Å². The van der Waals surface area contributed by atoms with Crippen molar-refractivity contribution in [2.24, 2.45) is 5.73 Å². The lowest BCUT2D eigenvalue weighted by Gasteiger charge is -2.23. The summed E-state index contributed by atoms with van der Waals surface area (Å²) in [4.78, 5) is 13.4. The van der Waals surface area contributed by atoms with E-state index in [-0.39, 0.29) is 5.96 Å². The Morgan fingerprint density at radius 3 is 2.63 bits per heavy atom. The van der Waals surface area contributed by atoms with E-state index in [0.717, 1.165) is 17.0 Å². The second kappa shape index (κ2) is 6.63. The number of carbonyl (C=O) groups is 1. The van der Waals surface area contributed by atoms with E-state index in [1.165, 1.54) is 4.90 Å². The molecule has 0 atom stereocenters. The van der Waals surface area contributed by atoms with Crippen LogP contribution in [-0.2, 0) is 0 Å². The first kappa shape index (κ1) is 14.8. The SMILES string of the molecule is CCOc1ccc(N(CC)C(=O)NC(=N)N)c(C)c1. The zero-order valence-corrected chi connectivity index (χ0v) is 11.5. The average Bonchev–Trinajstić information content (AvgIpc) is 2.32. The number of hydrogen-bond donors (Lipinski definition) is 3. The van der Waals surface area contributed by atoms with Gasteiger partial charge in [0.25, 0.3) is 0 Å². The minimum atomic E-state index is -0.415. The number of guanidine groups is 1. The number of ether oxygens (including phenoxy) is 1. The van der Waals surface area contributed by atoms with Crippen LogP contribution in [-0.4, -0.2) is 25.1 Å². The highest BCUT2D eigenvalue weighted by Crippen LogP contribution is 2.24. The van der Waals surface area contributed by atoms with Crippen LogP contribution in [0.25, 0.3) is 0 Å². The molecule has 19 heavy (non-hydrogen) atoms. The van der Waals surface area contributed by atoms with Gasteiger partial charge in [-0.1, -0.05) is 0 Å². The lowest BCUT2D eigenvalue weighted by Crippen LogP contribution is -2.45. The van der Waals surface area contributed by atoms with E-state index in [4.69, 9.17) is 15.9 Å². The number of benzene rings is 1. The number of rotatable bonds is 4. The number of anilines is 1.